The van der Waals surface area contributed by atoms with Gasteiger partial charge in [-0.25, -0.2) is 10.9 Å². The van der Waals surface area contributed by atoms with Crippen molar-refractivity contribution in [2.75, 3.05) is 11.9 Å². The summed E-state index contributed by atoms with van der Waals surface area (Å²) in [6, 6.07) is 17.1. The Bertz CT molecular complexity index is 662. The van der Waals surface area contributed by atoms with Gasteiger partial charge < -0.3 is 4.90 Å². The van der Waals surface area contributed by atoms with Gasteiger partial charge in [-0.1, -0.05) is 48.0 Å². The second-order valence-corrected chi connectivity index (χ2v) is 5.79. The number of carbonyl (C=O) groups excluding carboxylic acids is 1. The van der Waals surface area contributed by atoms with Crippen molar-refractivity contribution in [1.29, 1.82) is 0 Å². The lowest BCUT2D eigenvalue weighted by Gasteiger charge is -2.20. The number of hydrogen-bond acceptors (Lipinski definition) is 3. The molecule has 1 aliphatic heterocycles. The van der Waals surface area contributed by atoms with Crippen molar-refractivity contribution in [3.05, 3.63) is 65.2 Å². The number of hydrazine groups is 1. The molecule has 0 bridgehead atoms. The summed E-state index contributed by atoms with van der Waals surface area (Å²) in [5.74, 6) is 0.0354. The molecule has 0 saturated carbocycles. The van der Waals surface area contributed by atoms with Crippen LogP contribution in [0.15, 0.2) is 54.6 Å². The van der Waals surface area contributed by atoms with Crippen LogP contribution in [0.1, 0.15) is 18.0 Å². The highest BCUT2D eigenvalue weighted by Gasteiger charge is 2.32. The minimum atomic E-state index is -0.272. The van der Waals surface area contributed by atoms with Crippen LogP contribution >= 0.6 is 11.6 Å². The number of para-hydroxylation sites is 1. The summed E-state index contributed by atoms with van der Waals surface area (Å²) in [6.07, 6.45) is 0.666. The fourth-order valence-corrected chi connectivity index (χ4v) is 2.96. The predicted octanol–water partition coefficient (Wildman–Crippen LogP) is 2.91. The molecule has 1 saturated heterocycles. The molecule has 2 N–H and O–H groups in total. The first-order valence-electron chi connectivity index (χ1n) is 7.25. The molecule has 114 valence electrons. The van der Waals surface area contributed by atoms with Crippen molar-refractivity contribution >= 4 is 23.2 Å². The molecule has 1 heterocycles. The van der Waals surface area contributed by atoms with Gasteiger partial charge in [-0.3, -0.25) is 4.79 Å². The SMILES string of the molecule is CN(C(=O)C1CC(c2ccccc2Cl)NN1)c1ccccc1. The highest BCUT2D eigenvalue weighted by atomic mass is 35.5. The van der Waals surface area contributed by atoms with Gasteiger partial charge in [-0.05, 0) is 30.2 Å². The summed E-state index contributed by atoms with van der Waals surface area (Å²) < 4.78 is 0. The molecule has 22 heavy (non-hydrogen) atoms. The molecular weight excluding hydrogens is 298 g/mol. The van der Waals surface area contributed by atoms with E-state index in [1.54, 1.807) is 11.9 Å². The normalized spacial score (nSPS) is 20.8. The lowest BCUT2D eigenvalue weighted by Crippen LogP contribution is -2.44. The molecule has 2 atom stereocenters. The van der Waals surface area contributed by atoms with E-state index in [1.165, 1.54) is 0 Å². The molecule has 0 radical (unpaired) electrons. The Morgan fingerprint density at radius 2 is 1.77 bits per heavy atom. The average Bonchev–Trinajstić information content (AvgIpc) is 3.04. The summed E-state index contributed by atoms with van der Waals surface area (Å²) in [4.78, 5) is 14.3. The maximum Gasteiger partial charge on any atom is 0.245 e. The van der Waals surface area contributed by atoms with Crippen molar-refractivity contribution < 1.29 is 4.79 Å². The standard InChI is InChI=1S/C17H18ClN3O/c1-21(12-7-3-2-4-8-12)17(22)16-11-15(19-20-16)13-9-5-6-10-14(13)18/h2-10,15-16,19-20H,11H2,1H3. The van der Waals surface area contributed by atoms with Crippen molar-refractivity contribution in [1.82, 2.24) is 10.9 Å². The summed E-state index contributed by atoms with van der Waals surface area (Å²) in [5.41, 5.74) is 8.15. The molecule has 0 spiro atoms. The van der Waals surface area contributed by atoms with Crippen LogP contribution in [-0.2, 0) is 4.79 Å². The first-order chi connectivity index (χ1) is 10.7. The number of carbonyl (C=O) groups is 1. The number of nitrogens with one attached hydrogen (secondary N) is 2. The van der Waals surface area contributed by atoms with E-state index >= 15 is 0 Å². The van der Waals surface area contributed by atoms with Crippen LogP contribution in [0.4, 0.5) is 5.69 Å². The Morgan fingerprint density at radius 3 is 2.50 bits per heavy atom. The monoisotopic (exact) mass is 315 g/mol. The molecule has 1 aliphatic rings. The third-order valence-electron chi connectivity index (χ3n) is 3.96. The van der Waals surface area contributed by atoms with Gasteiger partial charge in [0, 0.05) is 23.8 Å². The number of anilines is 1. The van der Waals surface area contributed by atoms with Gasteiger partial charge >= 0.3 is 0 Å². The van der Waals surface area contributed by atoms with E-state index in [9.17, 15) is 4.79 Å². The minimum absolute atomic E-state index is 0.0341. The van der Waals surface area contributed by atoms with Crippen LogP contribution in [0.25, 0.3) is 0 Å². The van der Waals surface area contributed by atoms with E-state index in [-0.39, 0.29) is 18.0 Å². The van der Waals surface area contributed by atoms with E-state index in [4.69, 9.17) is 11.6 Å². The van der Waals surface area contributed by atoms with Gasteiger partial charge in [-0.15, -0.1) is 0 Å². The number of halogens is 1. The first kappa shape index (κ1) is 15.0. The Hall–Kier alpha value is -1.88. The van der Waals surface area contributed by atoms with Gasteiger partial charge in [-0.2, -0.15) is 0 Å². The maximum atomic E-state index is 12.6. The molecule has 2 aromatic carbocycles. The minimum Gasteiger partial charge on any atom is -0.314 e. The number of hydrogen-bond donors (Lipinski definition) is 2. The van der Waals surface area contributed by atoms with E-state index < -0.39 is 0 Å². The number of benzene rings is 2. The second-order valence-electron chi connectivity index (χ2n) is 5.38. The fourth-order valence-electron chi connectivity index (χ4n) is 2.69. The summed E-state index contributed by atoms with van der Waals surface area (Å²) in [7, 11) is 1.79. The molecule has 2 aromatic rings. The largest absolute Gasteiger partial charge is 0.314 e. The average molecular weight is 316 g/mol. The molecule has 4 nitrogen and oxygen atoms in total. The van der Waals surface area contributed by atoms with Crippen molar-refractivity contribution in [2.45, 2.75) is 18.5 Å². The third kappa shape index (κ3) is 2.99. The molecule has 2 unspecified atom stereocenters. The molecular formula is C17H18ClN3O. The summed E-state index contributed by atoms with van der Waals surface area (Å²) in [6.45, 7) is 0. The van der Waals surface area contributed by atoms with Gasteiger partial charge in [0.05, 0.1) is 0 Å². The second kappa shape index (κ2) is 6.48. The van der Waals surface area contributed by atoms with Gasteiger partial charge in [0.1, 0.15) is 6.04 Å². The highest BCUT2D eigenvalue weighted by Crippen LogP contribution is 2.29. The Labute approximate surface area is 135 Å². The smallest absolute Gasteiger partial charge is 0.245 e. The third-order valence-corrected chi connectivity index (χ3v) is 4.30. The number of likely N-dealkylation sites (N-methyl/N-ethyl adjacent to an activating group) is 1. The van der Waals surface area contributed by atoms with Crippen molar-refractivity contribution in [3.8, 4) is 0 Å². The number of nitrogens with zero attached hydrogens (tertiary/aromatic N) is 1. The lowest BCUT2D eigenvalue weighted by molar-refractivity contribution is -0.120. The van der Waals surface area contributed by atoms with Gasteiger partial charge in [0.25, 0.3) is 0 Å². The summed E-state index contributed by atoms with van der Waals surface area (Å²) in [5, 5.41) is 0.714. The van der Waals surface area contributed by atoms with Crippen LogP contribution in [-0.4, -0.2) is 19.0 Å². The molecule has 1 fully saturated rings. The zero-order valence-electron chi connectivity index (χ0n) is 12.3. The lowest BCUT2D eigenvalue weighted by atomic mass is 10.0. The van der Waals surface area contributed by atoms with Crippen molar-refractivity contribution in [3.63, 3.8) is 0 Å². The van der Waals surface area contributed by atoms with E-state index in [0.717, 1.165) is 11.3 Å². The van der Waals surface area contributed by atoms with E-state index in [1.807, 2.05) is 54.6 Å². The van der Waals surface area contributed by atoms with Crippen LogP contribution < -0.4 is 15.8 Å². The zero-order chi connectivity index (χ0) is 15.5. The van der Waals surface area contributed by atoms with Crippen LogP contribution in [0.5, 0.6) is 0 Å². The van der Waals surface area contributed by atoms with Gasteiger partial charge in [0.15, 0.2) is 0 Å². The Kier molecular flexibility index (Phi) is 4.43. The zero-order valence-corrected chi connectivity index (χ0v) is 13.0. The van der Waals surface area contributed by atoms with Crippen molar-refractivity contribution in [2.24, 2.45) is 0 Å². The predicted molar refractivity (Wildman–Crippen MR) is 88.7 cm³/mol. The van der Waals surface area contributed by atoms with E-state index in [0.29, 0.717) is 11.4 Å². The quantitative estimate of drug-likeness (QED) is 0.915. The van der Waals surface area contributed by atoms with Crippen LogP contribution in [0.3, 0.4) is 0 Å². The molecule has 0 aliphatic carbocycles. The Balaban J connectivity index is 1.70. The molecule has 3 rings (SSSR count). The maximum absolute atomic E-state index is 12.6. The van der Waals surface area contributed by atoms with Crippen LogP contribution in [0, 0.1) is 0 Å². The number of rotatable bonds is 3. The number of amides is 1. The topological polar surface area (TPSA) is 44.4 Å². The first-order valence-corrected chi connectivity index (χ1v) is 7.62. The molecule has 1 amide bonds. The van der Waals surface area contributed by atoms with Gasteiger partial charge in [0.2, 0.25) is 5.91 Å². The Morgan fingerprint density at radius 1 is 1.09 bits per heavy atom. The fraction of sp³-hybridized carbons (Fsp3) is 0.235. The van der Waals surface area contributed by atoms with E-state index in [2.05, 4.69) is 10.9 Å². The summed E-state index contributed by atoms with van der Waals surface area (Å²) >= 11 is 6.23. The van der Waals surface area contributed by atoms with Crippen LogP contribution in [0.2, 0.25) is 5.02 Å². The molecule has 5 heteroatoms. The highest BCUT2D eigenvalue weighted by molar-refractivity contribution is 6.31. The molecule has 0 aromatic heterocycles.